The number of rotatable bonds is 2. The lowest BCUT2D eigenvalue weighted by atomic mass is 10.1. The third-order valence-electron chi connectivity index (χ3n) is 3.46. The maximum atomic E-state index is 12.2. The molecule has 0 amide bonds. The highest BCUT2D eigenvalue weighted by Crippen LogP contribution is 2.32. The van der Waals surface area contributed by atoms with Gasteiger partial charge in [-0.2, -0.15) is 0 Å². The number of phenolic OH excluding ortho intramolecular Hbond substituents is 2. The van der Waals surface area contributed by atoms with Crippen molar-refractivity contribution in [1.29, 1.82) is 0 Å². The number of aromatic amines is 1. The fraction of sp³-hybridized carbons (Fsp3) is 0. The number of phenols is 2. The van der Waals surface area contributed by atoms with E-state index in [1.54, 1.807) is 0 Å². The van der Waals surface area contributed by atoms with E-state index in [1.807, 2.05) is 0 Å². The second-order valence-corrected chi connectivity index (χ2v) is 4.95. The molecule has 0 saturated carbocycles. The molecule has 0 saturated heterocycles. The van der Waals surface area contributed by atoms with Crippen molar-refractivity contribution in [3.05, 3.63) is 52.2 Å². The van der Waals surface area contributed by atoms with Gasteiger partial charge >= 0.3 is 5.97 Å². The molecule has 7 nitrogen and oxygen atoms in total. The summed E-state index contributed by atoms with van der Waals surface area (Å²) in [7, 11) is 0. The first-order chi connectivity index (χ1) is 10.9. The first-order valence-corrected chi connectivity index (χ1v) is 6.53. The van der Waals surface area contributed by atoms with E-state index >= 15 is 0 Å². The zero-order valence-corrected chi connectivity index (χ0v) is 11.6. The molecule has 1 heterocycles. The second-order valence-electron chi connectivity index (χ2n) is 4.95. The average molecular weight is 313 g/mol. The third kappa shape index (κ3) is 2.34. The van der Waals surface area contributed by atoms with Crippen molar-refractivity contribution in [2.75, 3.05) is 0 Å². The summed E-state index contributed by atoms with van der Waals surface area (Å²) in [5, 5.41) is 38.1. The molecule has 0 aliphatic carbocycles. The van der Waals surface area contributed by atoms with Crippen molar-refractivity contribution in [3.8, 4) is 28.5 Å². The molecular weight excluding hydrogens is 302 g/mol. The summed E-state index contributed by atoms with van der Waals surface area (Å²) in [5.74, 6) is -2.41. The summed E-state index contributed by atoms with van der Waals surface area (Å²) in [6, 6.07) is 7.77. The van der Waals surface area contributed by atoms with Gasteiger partial charge < -0.3 is 25.4 Å². The van der Waals surface area contributed by atoms with Crippen LogP contribution in [0.2, 0.25) is 0 Å². The molecule has 5 N–H and O–H groups in total. The van der Waals surface area contributed by atoms with E-state index in [0.717, 1.165) is 6.07 Å². The Labute approximate surface area is 128 Å². The molecule has 7 heteroatoms. The minimum atomic E-state index is -1.09. The number of nitrogens with one attached hydrogen (secondary N) is 1. The Morgan fingerprint density at radius 2 is 1.65 bits per heavy atom. The second kappa shape index (κ2) is 5.06. The maximum absolute atomic E-state index is 12.2. The summed E-state index contributed by atoms with van der Waals surface area (Å²) in [6.45, 7) is 0. The molecule has 0 atom stereocenters. The van der Waals surface area contributed by atoms with Gasteiger partial charge in [-0.1, -0.05) is 12.1 Å². The largest absolute Gasteiger partial charge is 0.508 e. The first kappa shape index (κ1) is 14.5. The highest BCUT2D eigenvalue weighted by atomic mass is 16.4. The summed E-state index contributed by atoms with van der Waals surface area (Å²) < 4.78 is 0. The molecule has 0 unspecified atom stereocenters. The smallest absolute Gasteiger partial charge is 0.335 e. The van der Waals surface area contributed by atoms with Crippen LogP contribution in [0.25, 0.3) is 22.2 Å². The number of fused-ring (bicyclic) bond motifs is 1. The van der Waals surface area contributed by atoms with Crippen LogP contribution in [0.3, 0.4) is 0 Å². The van der Waals surface area contributed by atoms with Gasteiger partial charge in [0.15, 0.2) is 5.75 Å². The number of carboxylic acids is 1. The number of aromatic carboxylic acids is 1. The number of aromatic hydroxyl groups is 3. The van der Waals surface area contributed by atoms with Gasteiger partial charge in [-0.3, -0.25) is 4.79 Å². The normalized spacial score (nSPS) is 10.8. The monoisotopic (exact) mass is 313 g/mol. The Kier molecular flexibility index (Phi) is 3.18. The number of hydrogen-bond acceptors (Lipinski definition) is 5. The molecule has 0 aliphatic heterocycles. The minimum absolute atomic E-state index is 0.0597. The van der Waals surface area contributed by atoms with E-state index in [2.05, 4.69) is 4.98 Å². The summed E-state index contributed by atoms with van der Waals surface area (Å²) >= 11 is 0. The van der Waals surface area contributed by atoms with Crippen LogP contribution in [0.4, 0.5) is 0 Å². The minimum Gasteiger partial charge on any atom is -0.508 e. The molecule has 0 radical (unpaired) electrons. The van der Waals surface area contributed by atoms with Gasteiger partial charge in [0.1, 0.15) is 11.5 Å². The van der Waals surface area contributed by atoms with Crippen LogP contribution in [0.1, 0.15) is 10.4 Å². The first-order valence-electron chi connectivity index (χ1n) is 6.53. The lowest BCUT2D eigenvalue weighted by molar-refractivity contribution is 0.0697. The summed E-state index contributed by atoms with van der Waals surface area (Å²) in [6.07, 6.45) is 0. The molecule has 3 rings (SSSR count). The Hall–Kier alpha value is -3.48. The number of aromatic nitrogens is 1. The van der Waals surface area contributed by atoms with E-state index in [0.29, 0.717) is 5.56 Å². The molecule has 116 valence electrons. The quantitative estimate of drug-likeness (QED) is 0.492. The Morgan fingerprint density at radius 1 is 1.00 bits per heavy atom. The zero-order valence-electron chi connectivity index (χ0n) is 11.6. The van der Waals surface area contributed by atoms with Gasteiger partial charge in [0.05, 0.1) is 22.2 Å². The SMILES string of the molecule is O=C(O)c1ccc(-c2[nH]c3cc(O)cc(O)c3c(=O)c2O)cc1. The number of benzene rings is 2. The van der Waals surface area contributed by atoms with Crippen LogP contribution in [0.5, 0.6) is 17.2 Å². The van der Waals surface area contributed by atoms with Crippen LogP contribution in [-0.2, 0) is 0 Å². The van der Waals surface area contributed by atoms with Crippen molar-refractivity contribution in [2.24, 2.45) is 0 Å². The number of carboxylic acid groups (broad SMARTS) is 1. The van der Waals surface area contributed by atoms with Gasteiger partial charge in [0.2, 0.25) is 5.43 Å². The van der Waals surface area contributed by atoms with E-state index in [-0.39, 0.29) is 27.9 Å². The van der Waals surface area contributed by atoms with Gasteiger partial charge in [0.25, 0.3) is 0 Å². The standard InChI is InChI=1S/C16H11NO6/c18-9-5-10-12(11(19)6-9)14(20)15(21)13(17-10)7-1-3-8(4-2-7)16(22)23/h1-6,18-19,21H,(H,17,20)(H,22,23). The van der Waals surface area contributed by atoms with Gasteiger partial charge in [0, 0.05) is 17.7 Å². The van der Waals surface area contributed by atoms with Gasteiger partial charge in [-0.05, 0) is 12.1 Å². The number of hydrogen-bond donors (Lipinski definition) is 5. The molecule has 0 aliphatic rings. The number of pyridine rings is 1. The zero-order chi connectivity index (χ0) is 16.7. The number of H-pyrrole nitrogens is 1. The van der Waals surface area contributed by atoms with Crippen molar-refractivity contribution in [3.63, 3.8) is 0 Å². The predicted octanol–water partition coefficient (Wildman–Crippen LogP) is 2.01. The van der Waals surface area contributed by atoms with Crippen LogP contribution in [-0.4, -0.2) is 31.4 Å². The molecule has 0 spiro atoms. The molecule has 2 aromatic carbocycles. The topological polar surface area (TPSA) is 131 Å². The van der Waals surface area contributed by atoms with E-state index in [4.69, 9.17) is 5.11 Å². The van der Waals surface area contributed by atoms with Crippen LogP contribution in [0, 0.1) is 0 Å². The summed E-state index contributed by atoms with van der Waals surface area (Å²) in [5.41, 5.74) is -0.151. The molecular formula is C16H11NO6. The molecule has 0 fully saturated rings. The molecule has 23 heavy (non-hydrogen) atoms. The van der Waals surface area contributed by atoms with Gasteiger partial charge in [-0.25, -0.2) is 4.79 Å². The Bertz CT molecular complexity index is 988. The highest BCUT2D eigenvalue weighted by molar-refractivity contribution is 5.91. The van der Waals surface area contributed by atoms with E-state index in [9.17, 15) is 24.9 Å². The Morgan fingerprint density at radius 3 is 2.26 bits per heavy atom. The average Bonchev–Trinajstić information content (AvgIpc) is 2.50. The van der Waals surface area contributed by atoms with Gasteiger partial charge in [-0.15, -0.1) is 0 Å². The van der Waals surface area contributed by atoms with Crippen LogP contribution < -0.4 is 5.43 Å². The van der Waals surface area contributed by atoms with Crippen LogP contribution in [0.15, 0.2) is 41.2 Å². The van der Waals surface area contributed by atoms with Crippen molar-refractivity contribution >= 4 is 16.9 Å². The van der Waals surface area contributed by atoms with Crippen molar-refractivity contribution in [1.82, 2.24) is 4.98 Å². The predicted molar refractivity (Wildman–Crippen MR) is 82.0 cm³/mol. The molecule has 1 aromatic heterocycles. The van der Waals surface area contributed by atoms with Crippen molar-refractivity contribution < 1.29 is 25.2 Å². The lowest BCUT2D eigenvalue weighted by Gasteiger charge is -2.09. The molecule has 3 aromatic rings. The fourth-order valence-electron chi connectivity index (χ4n) is 2.36. The Balaban J connectivity index is 2.28. The van der Waals surface area contributed by atoms with Crippen molar-refractivity contribution in [2.45, 2.75) is 0 Å². The number of carbonyl (C=O) groups is 1. The highest BCUT2D eigenvalue weighted by Gasteiger charge is 2.16. The maximum Gasteiger partial charge on any atom is 0.335 e. The third-order valence-corrected chi connectivity index (χ3v) is 3.46. The van der Waals surface area contributed by atoms with E-state index < -0.39 is 22.9 Å². The lowest BCUT2D eigenvalue weighted by Crippen LogP contribution is -2.05. The fourth-order valence-corrected chi connectivity index (χ4v) is 2.36. The summed E-state index contributed by atoms with van der Waals surface area (Å²) in [4.78, 5) is 25.8. The van der Waals surface area contributed by atoms with E-state index in [1.165, 1.54) is 30.3 Å². The van der Waals surface area contributed by atoms with Crippen LogP contribution >= 0.6 is 0 Å². The molecule has 0 bridgehead atoms.